The number of hydrogen-bond donors (Lipinski definition) is 0. The normalized spacial score (nSPS) is 11.6. The molecule has 2 aromatic heterocycles. The Morgan fingerprint density at radius 1 is 0.344 bits per heavy atom. The van der Waals surface area contributed by atoms with E-state index in [-0.39, 0.29) is 0 Å². The molecule has 0 bridgehead atoms. The van der Waals surface area contributed by atoms with Crippen LogP contribution in [0.2, 0.25) is 0 Å². The summed E-state index contributed by atoms with van der Waals surface area (Å²) in [6.07, 6.45) is 0. The van der Waals surface area contributed by atoms with Crippen molar-refractivity contribution in [3.8, 4) is 44.8 Å². The van der Waals surface area contributed by atoms with Crippen LogP contribution < -0.4 is 4.90 Å². The van der Waals surface area contributed by atoms with Gasteiger partial charge < -0.3 is 13.7 Å². The van der Waals surface area contributed by atoms with Crippen LogP contribution >= 0.6 is 0 Å². The van der Waals surface area contributed by atoms with Crippen molar-refractivity contribution in [2.24, 2.45) is 0 Å². The largest absolute Gasteiger partial charge is 0.456 e. The number of rotatable bonds is 7. The summed E-state index contributed by atoms with van der Waals surface area (Å²) >= 11 is 0. The highest BCUT2D eigenvalue weighted by atomic mass is 16.3. The average molecular weight is 781 g/mol. The Morgan fingerprint density at radius 3 is 1.56 bits per heavy atom. The topological polar surface area (TPSA) is 42.4 Å². The third-order valence-electron chi connectivity index (χ3n) is 11.9. The minimum atomic E-state index is 0.613. The van der Waals surface area contributed by atoms with Gasteiger partial charge in [-0.05, 0) is 110 Å². The van der Waals surface area contributed by atoms with Crippen molar-refractivity contribution in [1.29, 1.82) is 0 Å². The van der Waals surface area contributed by atoms with E-state index in [9.17, 15) is 0 Å². The number of aromatic nitrogens is 1. The molecule has 0 amide bonds. The van der Waals surface area contributed by atoms with Gasteiger partial charge in [-0.15, -0.1) is 0 Å². The van der Waals surface area contributed by atoms with Gasteiger partial charge in [-0.2, -0.15) is 0 Å². The van der Waals surface area contributed by atoms with E-state index in [1.165, 1.54) is 27.6 Å². The van der Waals surface area contributed by atoms with E-state index in [4.69, 9.17) is 13.8 Å². The van der Waals surface area contributed by atoms with Gasteiger partial charge in [-0.3, -0.25) is 0 Å². The number of nitrogens with zero attached hydrogens (tertiary/aromatic N) is 2. The van der Waals surface area contributed by atoms with Crippen LogP contribution in [-0.2, 0) is 0 Å². The third-order valence-corrected chi connectivity index (χ3v) is 11.9. The maximum Gasteiger partial charge on any atom is 0.227 e. The fourth-order valence-corrected chi connectivity index (χ4v) is 9.01. The molecule has 0 atom stereocenters. The summed E-state index contributed by atoms with van der Waals surface area (Å²) in [7, 11) is 0. The molecule has 4 nitrogen and oxygen atoms in total. The van der Waals surface area contributed by atoms with Crippen LogP contribution in [0.25, 0.3) is 99.4 Å². The maximum absolute atomic E-state index is 6.93. The second-order valence-corrected chi connectivity index (χ2v) is 15.5. The number of benzene rings is 10. The molecule has 12 rings (SSSR count). The Kier molecular flexibility index (Phi) is 8.13. The van der Waals surface area contributed by atoms with Gasteiger partial charge in [0.25, 0.3) is 0 Å². The third kappa shape index (κ3) is 5.96. The molecule has 0 saturated carbocycles. The maximum atomic E-state index is 6.93. The molecule has 286 valence electrons. The van der Waals surface area contributed by atoms with Crippen LogP contribution in [-0.4, -0.2) is 4.98 Å². The lowest BCUT2D eigenvalue weighted by Gasteiger charge is -2.26. The van der Waals surface area contributed by atoms with Crippen molar-refractivity contribution < 1.29 is 8.83 Å². The van der Waals surface area contributed by atoms with Crippen molar-refractivity contribution in [3.63, 3.8) is 0 Å². The van der Waals surface area contributed by atoms with Crippen LogP contribution in [0.5, 0.6) is 0 Å². The summed E-state index contributed by atoms with van der Waals surface area (Å²) in [4.78, 5) is 7.20. The Bertz CT molecular complexity index is 3450. The first kappa shape index (κ1) is 34.8. The van der Waals surface area contributed by atoms with Gasteiger partial charge in [0, 0.05) is 45.0 Å². The van der Waals surface area contributed by atoms with E-state index in [0.717, 1.165) is 82.9 Å². The van der Waals surface area contributed by atoms with E-state index >= 15 is 0 Å². The Labute approximate surface area is 352 Å². The van der Waals surface area contributed by atoms with E-state index in [1.807, 2.05) is 24.3 Å². The molecule has 10 aromatic carbocycles. The molecule has 0 aliphatic rings. The zero-order valence-electron chi connectivity index (χ0n) is 33.0. The lowest BCUT2D eigenvalue weighted by Crippen LogP contribution is -2.09. The van der Waals surface area contributed by atoms with Gasteiger partial charge in [0.1, 0.15) is 16.7 Å². The molecule has 2 heterocycles. The summed E-state index contributed by atoms with van der Waals surface area (Å²) in [5.74, 6) is 0.613. The molecule has 0 aliphatic heterocycles. The molecule has 4 heteroatoms. The SMILES string of the molecule is c1ccc(-c2ccc(N(c3ccc(-c4ccccc4)cc3)c3ccc4c(c3)oc3cc5ccccc5c(-c5ccc(-c6nc7ccccc7o6)c6ccccc56)c34)cc2)cc1. The van der Waals surface area contributed by atoms with E-state index < -0.39 is 0 Å². The van der Waals surface area contributed by atoms with Crippen molar-refractivity contribution in [1.82, 2.24) is 4.98 Å². The zero-order valence-corrected chi connectivity index (χ0v) is 33.0. The highest BCUT2D eigenvalue weighted by Gasteiger charge is 2.22. The van der Waals surface area contributed by atoms with Crippen LogP contribution in [0.15, 0.2) is 227 Å². The van der Waals surface area contributed by atoms with Crippen molar-refractivity contribution in [2.75, 3.05) is 4.90 Å². The highest BCUT2D eigenvalue weighted by Crippen LogP contribution is 2.47. The lowest BCUT2D eigenvalue weighted by atomic mass is 9.89. The average Bonchev–Trinajstić information content (AvgIpc) is 3.93. The first-order valence-corrected chi connectivity index (χ1v) is 20.6. The minimum absolute atomic E-state index is 0.613. The van der Waals surface area contributed by atoms with Gasteiger partial charge in [0.2, 0.25) is 5.89 Å². The molecule has 0 spiro atoms. The smallest absolute Gasteiger partial charge is 0.227 e. The Balaban J connectivity index is 1.03. The second-order valence-electron chi connectivity index (χ2n) is 15.5. The quantitative estimate of drug-likeness (QED) is 0.162. The van der Waals surface area contributed by atoms with Gasteiger partial charge >= 0.3 is 0 Å². The van der Waals surface area contributed by atoms with Crippen LogP contribution in [0.4, 0.5) is 17.1 Å². The molecular weight excluding hydrogens is 745 g/mol. The van der Waals surface area contributed by atoms with Crippen molar-refractivity contribution >= 4 is 71.6 Å². The second kappa shape index (κ2) is 14.3. The molecule has 12 aromatic rings. The molecule has 0 unspecified atom stereocenters. The van der Waals surface area contributed by atoms with Gasteiger partial charge in [-0.1, -0.05) is 152 Å². The summed E-state index contributed by atoms with van der Waals surface area (Å²) in [6, 6.07) is 77.0. The monoisotopic (exact) mass is 780 g/mol. The number of oxazole rings is 1. The number of para-hydroxylation sites is 2. The fourth-order valence-electron chi connectivity index (χ4n) is 9.01. The van der Waals surface area contributed by atoms with E-state index in [1.54, 1.807) is 0 Å². The first-order chi connectivity index (χ1) is 30.2. The molecule has 0 fully saturated rings. The molecule has 0 radical (unpaired) electrons. The van der Waals surface area contributed by atoms with E-state index in [2.05, 4.69) is 199 Å². The molecular formula is C57H36N2O2. The lowest BCUT2D eigenvalue weighted by molar-refractivity contribution is 0.620. The molecule has 0 aliphatic carbocycles. The molecule has 61 heavy (non-hydrogen) atoms. The fraction of sp³-hybridized carbons (Fsp3) is 0. The Hall–Kier alpha value is -8.21. The highest BCUT2D eigenvalue weighted by molar-refractivity contribution is 6.24. The number of hydrogen-bond acceptors (Lipinski definition) is 4. The molecule has 0 saturated heterocycles. The summed E-state index contributed by atoms with van der Waals surface area (Å²) in [5.41, 5.74) is 14.4. The van der Waals surface area contributed by atoms with Crippen LogP contribution in [0.3, 0.4) is 0 Å². The van der Waals surface area contributed by atoms with Gasteiger partial charge in [-0.25, -0.2) is 4.98 Å². The summed E-state index contributed by atoms with van der Waals surface area (Å²) in [6.45, 7) is 0. The first-order valence-electron chi connectivity index (χ1n) is 20.6. The summed E-state index contributed by atoms with van der Waals surface area (Å²) < 4.78 is 13.2. The predicted octanol–water partition coefficient (Wildman–Crippen LogP) is 16.2. The molecule has 0 N–H and O–H groups in total. The van der Waals surface area contributed by atoms with Gasteiger partial charge in [0.05, 0.1) is 0 Å². The van der Waals surface area contributed by atoms with Gasteiger partial charge in [0.15, 0.2) is 5.58 Å². The predicted molar refractivity (Wildman–Crippen MR) is 253 cm³/mol. The van der Waals surface area contributed by atoms with E-state index in [0.29, 0.717) is 5.89 Å². The standard InChI is InChI=1S/C57H36N2O2/c1-3-13-37(14-4-1)39-23-27-42(28-24-39)59(43-29-25-40(26-30-43)38-15-5-2-6-16-38)44-31-32-50-53(36-44)60-54-35-41-17-7-8-18-45(41)55(56(50)54)48-33-34-49(47-20-10-9-19-46(47)48)57-58-51-21-11-12-22-52(51)61-57/h1-36H. The minimum Gasteiger partial charge on any atom is -0.456 e. The number of furan rings is 1. The van der Waals surface area contributed by atoms with Crippen molar-refractivity contribution in [2.45, 2.75) is 0 Å². The zero-order chi connectivity index (χ0) is 40.3. The number of fused-ring (bicyclic) bond motifs is 6. The van der Waals surface area contributed by atoms with Crippen LogP contribution in [0.1, 0.15) is 0 Å². The summed E-state index contributed by atoms with van der Waals surface area (Å²) in [5, 5.41) is 6.64. The number of anilines is 3. The van der Waals surface area contributed by atoms with Crippen molar-refractivity contribution in [3.05, 3.63) is 218 Å². The van der Waals surface area contributed by atoms with Crippen LogP contribution in [0, 0.1) is 0 Å². The Morgan fingerprint density at radius 2 is 0.885 bits per heavy atom.